The van der Waals surface area contributed by atoms with Crippen LogP contribution in [0.1, 0.15) is 24.2 Å². The fraction of sp³-hybridized carbons (Fsp3) is 0.333. The molecule has 0 radical (unpaired) electrons. The van der Waals surface area contributed by atoms with E-state index in [1.807, 2.05) is 13.8 Å². The van der Waals surface area contributed by atoms with Crippen LogP contribution in [0.15, 0.2) is 36.9 Å². The SMILES string of the molecule is C=CCNC(=O)Nc1cccc(C(=O)N(CC)CC)c1. The maximum atomic E-state index is 12.2. The second-order valence-electron chi connectivity index (χ2n) is 4.18. The summed E-state index contributed by atoms with van der Waals surface area (Å²) in [4.78, 5) is 25.5. The summed E-state index contributed by atoms with van der Waals surface area (Å²) in [6.45, 7) is 9.11. The van der Waals surface area contributed by atoms with E-state index in [0.29, 0.717) is 30.9 Å². The number of carbonyl (C=O) groups excluding carboxylic acids is 2. The number of carbonyl (C=O) groups is 2. The molecule has 20 heavy (non-hydrogen) atoms. The number of urea groups is 1. The third-order valence-electron chi connectivity index (χ3n) is 2.83. The summed E-state index contributed by atoms with van der Waals surface area (Å²) in [5.41, 5.74) is 1.15. The van der Waals surface area contributed by atoms with Crippen LogP contribution in [0.3, 0.4) is 0 Å². The molecule has 0 aliphatic carbocycles. The number of hydrogen-bond acceptors (Lipinski definition) is 2. The van der Waals surface area contributed by atoms with Crippen molar-refractivity contribution in [1.82, 2.24) is 10.2 Å². The first-order valence-corrected chi connectivity index (χ1v) is 6.67. The molecule has 0 spiro atoms. The number of hydrogen-bond donors (Lipinski definition) is 2. The van der Waals surface area contributed by atoms with Crippen LogP contribution >= 0.6 is 0 Å². The largest absolute Gasteiger partial charge is 0.339 e. The van der Waals surface area contributed by atoms with Gasteiger partial charge in [-0.15, -0.1) is 6.58 Å². The fourth-order valence-corrected chi connectivity index (χ4v) is 1.76. The van der Waals surface area contributed by atoms with E-state index in [-0.39, 0.29) is 11.9 Å². The second-order valence-corrected chi connectivity index (χ2v) is 4.18. The lowest BCUT2D eigenvalue weighted by atomic mass is 10.1. The quantitative estimate of drug-likeness (QED) is 0.783. The zero-order valence-corrected chi connectivity index (χ0v) is 12.0. The van der Waals surface area contributed by atoms with Gasteiger partial charge in [0.05, 0.1) is 0 Å². The van der Waals surface area contributed by atoms with Gasteiger partial charge in [-0.1, -0.05) is 12.1 Å². The van der Waals surface area contributed by atoms with E-state index in [1.165, 1.54) is 0 Å². The molecule has 5 nitrogen and oxygen atoms in total. The molecule has 1 aromatic carbocycles. The number of amides is 3. The van der Waals surface area contributed by atoms with E-state index in [2.05, 4.69) is 17.2 Å². The summed E-state index contributed by atoms with van der Waals surface area (Å²) in [6.07, 6.45) is 1.60. The molecular formula is C15H21N3O2. The van der Waals surface area contributed by atoms with Gasteiger partial charge >= 0.3 is 6.03 Å². The van der Waals surface area contributed by atoms with Crippen molar-refractivity contribution >= 4 is 17.6 Å². The van der Waals surface area contributed by atoms with Crippen molar-refractivity contribution in [3.8, 4) is 0 Å². The first-order valence-electron chi connectivity index (χ1n) is 6.67. The summed E-state index contributed by atoms with van der Waals surface area (Å²) >= 11 is 0. The molecule has 0 aliphatic rings. The monoisotopic (exact) mass is 275 g/mol. The number of benzene rings is 1. The van der Waals surface area contributed by atoms with Crippen molar-refractivity contribution in [2.45, 2.75) is 13.8 Å². The summed E-state index contributed by atoms with van der Waals surface area (Å²) in [7, 11) is 0. The minimum absolute atomic E-state index is 0.0369. The molecule has 0 bridgehead atoms. The van der Waals surface area contributed by atoms with E-state index in [9.17, 15) is 9.59 Å². The van der Waals surface area contributed by atoms with E-state index in [0.717, 1.165) is 0 Å². The normalized spacial score (nSPS) is 9.70. The molecule has 1 aromatic rings. The Hall–Kier alpha value is -2.30. The third kappa shape index (κ3) is 4.42. The lowest BCUT2D eigenvalue weighted by molar-refractivity contribution is 0.0773. The lowest BCUT2D eigenvalue weighted by Crippen LogP contribution is -2.31. The maximum absolute atomic E-state index is 12.2. The van der Waals surface area contributed by atoms with Crippen molar-refractivity contribution in [3.63, 3.8) is 0 Å². The van der Waals surface area contributed by atoms with Gasteiger partial charge in [-0.25, -0.2) is 4.79 Å². The highest BCUT2D eigenvalue weighted by Gasteiger charge is 2.12. The van der Waals surface area contributed by atoms with Crippen LogP contribution in [0, 0.1) is 0 Å². The number of anilines is 1. The molecule has 0 heterocycles. The first kappa shape index (κ1) is 15.8. The van der Waals surface area contributed by atoms with Gasteiger partial charge in [0.1, 0.15) is 0 Å². The molecule has 1 rings (SSSR count). The molecule has 0 unspecified atom stereocenters. The summed E-state index contributed by atoms with van der Waals surface area (Å²) in [5, 5.41) is 5.29. The molecule has 0 atom stereocenters. The van der Waals surface area contributed by atoms with Crippen LogP contribution < -0.4 is 10.6 Å². The topological polar surface area (TPSA) is 61.4 Å². The summed E-state index contributed by atoms with van der Waals surface area (Å²) in [6, 6.07) is 6.59. The molecule has 2 N–H and O–H groups in total. The molecule has 0 aliphatic heterocycles. The Morgan fingerprint density at radius 3 is 2.60 bits per heavy atom. The van der Waals surface area contributed by atoms with Gasteiger partial charge in [-0.3, -0.25) is 4.79 Å². The number of rotatable bonds is 6. The van der Waals surface area contributed by atoms with Gasteiger partial charge in [0.2, 0.25) is 0 Å². The molecular weight excluding hydrogens is 254 g/mol. The summed E-state index contributed by atoms with van der Waals surface area (Å²) < 4.78 is 0. The molecule has 108 valence electrons. The van der Waals surface area contributed by atoms with E-state index in [4.69, 9.17) is 0 Å². The number of nitrogens with zero attached hydrogens (tertiary/aromatic N) is 1. The van der Waals surface area contributed by atoms with Gasteiger partial charge in [-0.05, 0) is 32.0 Å². The van der Waals surface area contributed by atoms with Crippen LogP contribution in [0.4, 0.5) is 10.5 Å². The standard InChI is InChI=1S/C15H21N3O2/c1-4-10-16-15(20)17-13-9-7-8-12(11-13)14(19)18(5-2)6-3/h4,7-9,11H,1,5-6,10H2,2-3H3,(H2,16,17,20). The molecule has 3 amide bonds. The van der Waals surface area contributed by atoms with Gasteiger partial charge < -0.3 is 15.5 Å². The highest BCUT2D eigenvalue weighted by molar-refractivity contribution is 5.96. The van der Waals surface area contributed by atoms with Crippen LogP contribution in [0.5, 0.6) is 0 Å². The molecule has 5 heteroatoms. The predicted octanol–water partition coefficient (Wildman–Crippen LogP) is 2.48. The highest BCUT2D eigenvalue weighted by Crippen LogP contribution is 2.12. The lowest BCUT2D eigenvalue weighted by Gasteiger charge is -2.19. The minimum Gasteiger partial charge on any atom is -0.339 e. The highest BCUT2D eigenvalue weighted by atomic mass is 16.2. The molecule has 0 fully saturated rings. The zero-order valence-electron chi connectivity index (χ0n) is 12.0. The van der Waals surface area contributed by atoms with Gasteiger partial charge in [0.25, 0.3) is 5.91 Å². The van der Waals surface area contributed by atoms with Crippen LogP contribution in [0.2, 0.25) is 0 Å². The van der Waals surface area contributed by atoms with E-state index < -0.39 is 0 Å². The van der Waals surface area contributed by atoms with Crippen molar-refractivity contribution < 1.29 is 9.59 Å². The molecule has 0 saturated heterocycles. The van der Waals surface area contributed by atoms with Gasteiger partial charge in [0.15, 0.2) is 0 Å². The maximum Gasteiger partial charge on any atom is 0.319 e. The van der Waals surface area contributed by atoms with Crippen molar-refractivity contribution in [2.75, 3.05) is 25.0 Å². The van der Waals surface area contributed by atoms with Crippen molar-refractivity contribution in [3.05, 3.63) is 42.5 Å². The Labute approximate surface area is 119 Å². The van der Waals surface area contributed by atoms with Gasteiger partial charge in [-0.2, -0.15) is 0 Å². The Balaban J connectivity index is 2.77. The number of nitrogens with one attached hydrogen (secondary N) is 2. The molecule has 0 aromatic heterocycles. The van der Waals surface area contributed by atoms with E-state index in [1.54, 1.807) is 35.2 Å². The van der Waals surface area contributed by atoms with Crippen molar-refractivity contribution in [2.24, 2.45) is 0 Å². The predicted molar refractivity (Wildman–Crippen MR) is 80.9 cm³/mol. The average Bonchev–Trinajstić information content (AvgIpc) is 2.46. The van der Waals surface area contributed by atoms with E-state index >= 15 is 0 Å². The Morgan fingerprint density at radius 1 is 1.30 bits per heavy atom. The van der Waals surface area contributed by atoms with Crippen LogP contribution in [0.25, 0.3) is 0 Å². The van der Waals surface area contributed by atoms with Crippen LogP contribution in [-0.4, -0.2) is 36.5 Å². The summed E-state index contributed by atoms with van der Waals surface area (Å²) in [5.74, 6) is -0.0369. The first-order chi connectivity index (χ1) is 9.62. The van der Waals surface area contributed by atoms with Crippen LogP contribution in [-0.2, 0) is 0 Å². The van der Waals surface area contributed by atoms with Gasteiger partial charge in [0, 0.05) is 30.9 Å². The Bertz CT molecular complexity index is 482. The second kappa shape index (κ2) is 7.99. The zero-order chi connectivity index (χ0) is 15.0. The fourth-order valence-electron chi connectivity index (χ4n) is 1.76. The Kier molecular flexibility index (Phi) is 6.29. The minimum atomic E-state index is -0.322. The molecule has 0 saturated carbocycles. The third-order valence-corrected chi connectivity index (χ3v) is 2.83. The van der Waals surface area contributed by atoms with Crippen molar-refractivity contribution in [1.29, 1.82) is 0 Å². The average molecular weight is 275 g/mol. The smallest absolute Gasteiger partial charge is 0.319 e. The Morgan fingerprint density at radius 2 is 2.00 bits per heavy atom.